The molecule has 0 aliphatic carbocycles. The Hall–Kier alpha value is -1.32. The molecule has 4 heteroatoms. The zero-order chi connectivity index (χ0) is 13.7. The first-order valence-electron chi connectivity index (χ1n) is 6.74. The van der Waals surface area contributed by atoms with Crippen LogP contribution in [-0.2, 0) is 9.59 Å². The van der Waals surface area contributed by atoms with Crippen molar-refractivity contribution >= 4 is 11.8 Å². The number of rotatable bonds is 5. The molecule has 4 nitrogen and oxygen atoms in total. The molecule has 1 N–H and O–H groups in total. The maximum atomic E-state index is 12.4. The van der Waals surface area contributed by atoms with E-state index in [-0.39, 0.29) is 29.8 Å². The topological polar surface area (TPSA) is 49.4 Å². The fraction of sp³-hybridized carbons (Fsp3) is 0.714. The predicted molar refractivity (Wildman–Crippen MR) is 72.0 cm³/mol. The minimum atomic E-state index is -0.358. The van der Waals surface area contributed by atoms with Crippen LogP contribution in [0.4, 0.5) is 0 Å². The van der Waals surface area contributed by atoms with Gasteiger partial charge < -0.3 is 10.2 Å². The van der Waals surface area contributed by atoms with Crippen LogP contribution in [0.25, 0.3) is 0 Å². The van der Waals surface area contributed by atoms with E-state index in [1.165, 1.54) is 0 Å². The Balaban J connectivity index is 2.78. The van der Waals surface area contributed by atoms with E-state index in [1.54, 1.807) is 11.8 Å². The highest BCUT2D eigenvalue weighted by Crippen LogP contribution is 2.18. The minimum Gasteiger partial charge on any atom is -0.342 e. The van der Waals surface area contributed by atoms with Crippen molar-refractivity contribution in [2.45, 2.75) is 52.6 Å². The Morgan fingerprint density at radius 1 is 1.44 bits per heavy atom. The lowest BCUT2D eigenvalue weighted by atomic mass is 9.94. The van der Waals surface area contributed by atoms with Gasteiger partial charge in [0.2, 0.25) is 11.8 Å². The van der Waals surface area contributed by atoms with Gasteiger partial charge >= 0.3 is 0 Å². The van der Waals surface area contributed by atoms with E-state index in [4.69, 9.17) is 0 Å². The molecule has 3 atom stereocenters. The number of piperazine rings is 1. The van der Waals surface area contributed by atoms with Crippen molar-refractivity contribution in [1.29, 1.82) is 0 Å². The molecule has 1 aliphatic rings. The molecule has 0 bridgehead atoms. The Morgan fingerprint density at radius 2 is 2.11 bits per heavy atom. The summed E-state index contributed by atoms with van der Waals surface area (Å²) in [6.07, 6.45) is 5.66. The van der Waals surface area contributed by atoms with Crippen LogP contribution in [0.2, 0.25) is 0 Å². The van der Waals surface area contributed by atoms with E-state index >= 15 is 0 Å². The number of carbonyl (C=O) groups is 2. The third kappa shape index (κ3) is 3.12. The molecular weight excluding hydrogens is 228 g/mol. The average molecular weight is 252 g/mol. The summed E-state index contributed by atoms with van der Waals surface area (Å²) in [5.74, 6) is 0.194. The quantitative estimate of drug-likeness (QED) is 0.757. The summed E-state index contributed by atoms with van der Waals surface area (Å²) in [7, 11) is 0. The Bertz CT molecular complexity index is 339. The number of allylic oxidation sites excluding steroid dienone is 1. The molecule has 0 aromatic heterocycles. The van der Waals surface area contributed by atoms with Crippen molar-refractivity contribution in [3.05, 3.63) is 12.2 Å². The summed E-state index contributed by atoms with van der Waals surface area (Å²) in [6, 6.07) is -0.715. The summed E-state index contributed by atoms with van der Waals surface area (Å²) in [5, 5.41) is 2.84. The van der Waals surface area contributed by atoms with E-state index in [9.17, 15) is 9.59 Å². The van der Waals surface area contributed by atoms with E-state index in [2.05, 4.69) is 5.32 Å². The monoisotopic (exact) mass is 252 g/mol. The van der Waals surface area contributed by atoms with Crippen LogP contribution in [-0.4, -0.2) is 35.3 Å². The molecule has 0 aromatic carbocycles. The molecule has 0 aromatic rings. The molecule has 0 radical (unpaired) electrons. The summed E-state index contributed by atoms with van der Waals surface area (Å²) in [6.45, 7) is 8.39. The largest absolute Gasteiger partial charge is 0.342 e. The molecule has 1 rings (SSSR count). The maximum absolute atomic E-state index is 12.4. The Labute approximate surface area is 109 Å². The van der Waals surface area contributed by atoms with Crippen LogP contribution in [0.3, 0.4) is 0 Å². The summed E-state index contributed by atoms with van der Waals surface area (Å²) in [5.41, 5.74) is 0. The molecule has 0 spiro atoms. The molecule has 1 heterocycles. The third-order valence-electron chi connectivity index (χ3n) is 3.68. The highest BCUT2D eigenvalue weighted by atomic mass is 16.2. The zero-order valence-electron chi connectivity index (χ0n) is 11.8. The lowest BCUT2D eigenvalue weighted by Gasteiger charge is -2.39. The van der Waals surface area contributed by atoms with Gasteiger partial charge in [0.25, 0.3) is 0 Å². The second-order valence-corrected chi connectivity index (χ2v) is 4.94. The van der Waals surface area contributed by atoms with Crippen LogP contribution in [0.5, 0.6) is 0 Å². The van der Waals surface area contributed by atoms with Gasteiger partial charge in [-0.15, -0.1) is 0 Å². The second kappa shape index (κ2) is 6.57. The number of amides is 2. The molecule has 18 heavy (non-hydrogen) atoms. The number of carbonyl (C=O) groups excluding carboxylic acids is 2. The molecule has 1 aliphatic heterocycles. The SMILES string of the molecule is C/C=C/CCN1C(=O)C(C(C)CC)NC(=O)C1C. The van der Waals surface area contributed by atoms with E-state index in [0.717, 1.165) is 12.8 Å². The summed E-state index contributed by atoms with van der Waals surface area (Å²) in [4.78, 5) is 26.0. The van der Waals surface area contributed by atoms with Crippen molar-refractivity contribution < 1.29 is 9.59 Å². The molecule has 102 valence electrons. The van der Waals surface area contributed by atoms with Crippen LogP contribution in [0, 0.1) is 5.92 Å². The van der Waals surface area contributed by atoms with Gasteiger partial charge in [0.05, 0.1) is 0 Å². The van der Waals surface area contributed by atoms with Gasteiger partial charge in [-0.1, -0.05) is 32.4 Å². The fourth-order valence-corrected chi connectivity index (χ4v) is 2.15. The number of hydrogen-bond acceptors (Lipinski definition) is 2. The van der Waals surface area contributed by atoms with Gasteiger partial charge in [0.1, 0.15) is 12.1 Å². The first kappa shape index (κ1) is 14.7. The molecular formula is C14H24N2O2. The molecule has 3 unspecified atom stereocenters. The van der Waals surface area contributed by atoms with Gasteiger partial charge in [-0.3, -0.25) is 9.59 Å². The Kier molecular flexibility index (Phi) is 5.38. The number of nitrogens with one attached hydrogen (secondary N) is 1. The van der Waals surface area contributed by atoms with Gasteiger partial charge in [-0.05, 0) is 26.2 Å². The van der Waals surface area contributed by atoms with Crippen LogP contribution < -0.4 is 5.32 Å². The number of nitrogens with zero attached hydrogens (tertiary/aromatic N) is 1. The summed E-state index contributed by atoms with van der Waals surface area (Å²) >= 11 is 0. The van der Waals surface area contributed by atoms with Crippen molar-refractivity contribution in [3.63, 3.8) is 0 Å². The first-order valence-corrected chi connectivity index (χ1v) is 6.74. The Morgan fingerprint density at radius 3 is 2.67 bits per heavy atom. The first-order chi connectivity index (χ1) is 8.52. The molecule has 2 amide bonds. The van der Waals surface area contributed by atoms with Crippen LogP contribution in [0.1, 0.15) is 40.5 Å². The van der Waals surface area contributed by atoms with E-state index in [1.807, 2.05) is 32.9 Å². The van der Waals surface area contributed by atoms with E-state index < -0.39 is 0 Å². The van der Waals surface area contributed by atoms with Gasteiger partial charge in [0.15, 0.2) is 0 Å². The van der Waals surface area contributed by atoms with Crippen molar-refractivity contribution in [1.82, 2.24) is 10.2 Å². The maximum Gasteiger partial charge on any atom is 0.246 e. The van der Waals surface area contributed by atoms with E-state index in [0.29, 0.717) is 6.54 Å². The van der Waals surface area contributed by atoms with Crippen molar-refractivity contribution in [2.75, 3.05) is 6.54 Å². The second-order valence-electron chi connectivity index (χ2n) is 4.94. The zero-order valence-corrected chi connectivity index (χ0v) is 11.8. The lowest BCUT2D eigenvalue weighted by Crippen LogP contribution is -2.64. The van der Waals surface area contributed by atoms with Crippen LogP contribution in [0.15, 0.2) is 12.2 Å². The van der Waals surface area contributed by atoms with Gasteiger partial charge in [-0.25, -0.2) is 0 Å². The standard InChI is InChI=1S/C14H24N2O2/c1-5-7-8-9-16-11(4)13(17)15-12(14(16)18)10(3)6-2/h5,7,10-12H,6,8-9H2,1-4H3,(H,15,17)/b7-5+. The average Bonchev–Trinajstić information content (AvgIpc) is 2.37. The van der Waals surface area contributed by atoms with Gasteiger partial charge in [-0.2, -0.15) is 0 Å². The minimum absolute atomic E-state index is 0.0413. The van der Waals surface area contributed by atoms with Crippen LogP contribution >= 0.6 is 0 Å². The van der Waals surface area contributed by atoms with Crippen molar-refractivity contribution in [2.24, 2.45) is 5.92 Å². The fourth-order valence-electron chi connectivity index (χ4n) is 2.15. The highest BCUT2D eigenvalue weighted by Gasteiger charge is 2.39. The normalized spacial score (nSPS) is 26.6. The predicted octanol–water partition coefficient (Wildman–Crippen LogP) is 1.71. The lowest BCUT2D eigenvalue weighted by molar-refractivity contribution is -0.150. The summed E-state index contributed by atoms with van der Waals surface area (Å²) < 4.78 is 0. The van der Waals surface area contributed by atoms with Gasteiger partial charge in [0, 0.05) is 6.54 Å². The third-order valence-corrected chi connectivity index (χ3v) is 3.68. The highest BCUT2D eigenvalue weighted by molar-refractivity contribution is 5.96. The molecule has 0 saturated carbocycles. The molecule has 1 saturated heterocycles. The smallest absolute Gasteiger partial charge is 0.246 e. The molecule has 1 fully saturated rings. The number of hydrogen-bond donors (Lipinski definition) is 1. The van der Waals surface area contributed by atoms with Crippen molar-refractivity contribution in [3.8, 4) is 0 Å².